The van der Waals surface area contributed by atoms with Crippen LogP contribution in [-0.4, -0.2) is 40.4 Å². The monoisotopic (exact) mass is 479 g/mol. The molecule has 1 heterocycles. The highest BCUT2D eigenvalue weighted by atomic mass is 19.1. The number of carbonyl (C=O) groups excluding carboxylic acids is 2. The Balaban J connectivity index is 1.90. The van der Waals surface area contributed by atoms with Crippen molar-refractivity contribution in [1.29, 1.82) is 0 Å². The molecule has 0 atom stereocenters. The van der Waals surface area contributed by atoms with Crippen LogP contribution >= 0.6 is 0 Å². The molecule has 1 N–H and O–H groups in total. The van der Waals surface area contributed by atoms with Crippen LogP contribution in [0.4, 0.5) is 9.18 Å². The molecular weight excluding hydrogens is 449 g/mol. The number of nitrogens with one attached hydrogen (secondary N) is 1. The van der Waals surface area contributed by atoms with Gasteiger partial charge in [0.25, 0.3) is 0 Å². The third kappa shape index (κ3) is 7.02. The van der Waals surface area contributed by atoms with Crippen molar-refractivity contribution in [2.24, 2.45) is 0 Å². The molecule has 3 aromatic rings. The van der Waals surface area contributed by atoms with Crippen LogP contribution in [0.25, 0.3) is 11.0 Å². The molecule has 0 bridgehead atoms. The molecule has 0 radical (unpaired) electrons. The number of hydrogen-bond acceptors (Lipinski definition) is 4. The fraction of sp³-hybridized carbons (Fsp3) is 0.296. The van der Waals surface area contributed by atoms with Gasteiger partial charge < -0.3 is 19.5 Å². The van der Waals surface area contributed by atoms with E-state index in [1.54, 1.807) is 36.4 Å². The van der Waals surface area contributed by atoms with Gasteiger partial charge in [0, 0.05) is 18.6 Å². The Morgan fingerprint density at radius 2 is 1.74 bits per heavy atom. The van der Waals surface area contributed by atoms with Gasteiger partial charge in [-0.05, 0) is 50.6 Å². The highest BCUT2D eigenvalue weighted by Crippen LogP contribution is 2.15. The smallest absolute Gasteiger partial charge is 0.318 e. The first-order chi connectivity index (χ1) is 16.6. The van der Waals surface area contributed by atoms with Gasteiger partial charge in [-0.1, -0.05) is 30.3 Å². The quantitative estimate of drug-likeness (QED) is 0.484. The predicted molar refractivity (Wildman–Crippen MR) is 133 cm³/mol. The van der Waals surface area contributed by atoms with Gasteiger partial charge in [-0.15, -0.1) is 6.58 Å². The molecule has 0 saturated carbocycles. The molecule has 1 aromatic heterocycles. The highest BCUT2D eigenvalue weighted by molar-refractivity contribution is 5.84. The van der Waals surface area contributed by atoms with Crippen LogP contribution in [0.1, 0.15) is 31.9 Å². The van der Waals surface area contributed by atoms with E-state index in [2.05, 4.69) is 11.9 Å². The Morgan fingerprint density at radius 1 is 1.06 bits per heavy atom. The lowest BCUT2D eigenvalue weighted by atomic mass is 10.1. The standard InChI is InChI=1S/C27H30FN3O4/c1-5-14-30(26(34)29-27(2,3)4)17-24(32)31(15-19-10-12-21(28)13-11-19)16-20-18-35-23-9-7-6-8-22(23)25(20)33/h5-13,18H,1,14-17H2,2-4H3,(H,29,34). The van der Waals surface area contributed by atoms with Crippen molar-refractivity contribution in [1.82, 2.24) is 15.1 Å². The van der Waals surface area contributed by atoms with Crippen molar-refractivity contribution in [3.8, 4) is 0 Å². The van der Waals surface area contributed by atoms with Crippen LogP contribution in [0.5, 0.6) is 0 Å². The lowest BCUT2D eigenvalue weighted by Crippen LogP contribution is -2.51. The lowest BCUT2D eigenvalue weighted by molar-refractivity contribution is -0.133. The zero-order chi connectivity index (χ0) is 25.6. The maximum absolute atomic E-state index is 13.4. The second kappa shape index (κ2) is 11.0. The molecule has 0 spiro atoms. The molecule has 35 heavy (non-hydrogen) atoms. The van der Waals surface area contributed by atoms with Gasteiger partial charge in [-0.25, -0.2) is 9.18 Å². The van der Waals surface area contributed by atoms with Crippen molar-refractivity contribution < 1.29 is 18.4 Å². The average molecular weight is 480 g/mol. The topological polar surface area (TPSA) is 82.9 Å². The van der Waals surface area contributed by atoms with Crippen LogP contribution in [0.2, 0.25) is 0 Å². The van der Waals surface area contributed by atoms with E-state index in [1.807, 2.05) is 20.8 Å². The van der Waals surface area contributed by atoms with Crippen LogP contribution < -0.4 is 10.7 Å². The Morgan fingerprint density at radius 3 is 2.40 bits per heavy atom. The molecule has 0 fully saturated rings. The Kier molecular flexibility index (Phi) is 8.06. The summed E-state index contributed by atoms with van der Waals surface area (Å²) < 4.78 is 19.0. The number of halogens is 1. The van der Waals surface area contributed by atoms with Crippen LogP contribution in [0, 0.1) is 5.82 Å². The third-order valence-electron chi connectivity index (χ3n) is 5.20. The molecule has 0 unspecified atom stereocenters. The van der Waals surface area contributed by atoms with Crippen molar-refractivity contribution in [2.75, 3.05) is 13.1 Å². The van der Waals surface area contributed by atoms with Crippen LogP contribution in [0.15, 0.2) is 76.7 Å². The van der Waals surface area contributed by atoms with E-state index in [4.69, 9.17) is 4.42 Å². The number of rotatable bonds is 8. The normalized spacial score (nSPS) is 11.2. The maximum atomic E-state index is 13.4. The van der Waals surface area contributed by atoms with Crippen molar-refractivity contribution in [2.45, 2.75) is 39.4 Å². The number of carbonyl (C=O) groups is 2. The first-order valence-electron chi connectivity index (χ1n) is 11.3. The first kappa shape index (κ1) is 25.7. The summed E-state index contributed by atoms with van der Waals surface area (Å²) in [5, 5.41) is 3.26. The number of amides is 3. The van der Waals surface area contributed by atoms with Gasteiger partial charge in [0.1, 0.15) is 17.9 Å². The molecule has 7 nitrogen and oxygen atoms in total. The van der Waals surface area contributed by atoms with E-state index in [-0.39, 0.29) is 37.5 Å². The molecule has 8 heteroatoms. The van der Waals surface area contributed by atoms with Crippen molar-refractivity contribution in [3.63, 3.8) is 0 Å². The molecule has 0 saturated heterocycles. The van der Waals surface area contributed by atoms with E-state index in [0.717, 1.165) is 0 Å². The first-order valence-corrected chi connectivity index (χ1v) is 11.3. The number of hydrogen-bond donors (Lipinski definition) is 1. The van der Waals surface area contributed by atoms with Crippen LogP contribution in [-0.2, 0) is 17.9 Å². The van der Waals surface area contributed by atoms with Gasteiger partial charge >= 0.3 is 6.03 Å². The number of benzene rings is 2. The molecule has 0 aliphatic heterocycles. The molecule has 0 aliphatic carbocycles. The van der Waals surface area contributed by atoms with Crippen LogP contribution in [0.3, 0.4) is 0 Å². The number of para-hydroxylation sites is 1. The van der Waals surface area contributed by atoms with Gasteiger partial charge in [0.15, 0.2) is 5.43 Å². The second-order valence-corrected chi connectivity index (χ2v) is 9.31. The minimum absolute atomic E-state index is 0.0355. The van der Waals surface area contributed by atoms with Gasteiger partial charge in [0.2, 0.25) is 5.91 Å². The van der Waals surface area contributed by atoms with E-state index in [1.165, 1.54) is 34.3 Å². The number of fused-ring (bicyclic) bond motifs is 1. The predicted octanol–water partition coefficient (Wildman–Crippen LogP) is 4.46. The molecule has 184 valence electrons. The largest absolute Gasteiger partial charge is 0.464 e. The summed E-state index contributed by atoms with van der Waals surface area (Å²) in [6.45, 7) is 9.24. The summed E-state index contributed by atoms with van der Waals surface area (Å²) in [5.41, 5.74) is 0.705. The number of nitrogens with zero attached hydrogens (tertiary/aromatic N) is 2. The van der Waals surface area contributed by atoms with Gasteiger partial charge in [0.05, 0.1) is 23.8 Å². The van der Waals surface area contributed by atoms with Crippen molar-refractivity contribution >= 4 is 22.9 Å². The summed E-state index contributed by atoms with van der Waals surface area (Å²) in [5.74, 6) is -0.773. The molecule has 0 aliphatic rings. The molecule has 3 rings (SSSR count). The minimum atomic E-state index is -0.489. The van der Waals surface area contributed by atoms with E-state index >= 15 is 0 Å². The van der Waals surface area contributed by atoms with E-state index in [0.29, 0.717) is 22.1 Å². The summed E-state index contributed by atoms with van der Waals surface area (Å²) in [6, 6.07) is 12.2. The fourth-order valence-electron chi connectivity index (χ4n) is 3.51. The Hall–Kier alpha value is -3.94. The lowest BCUT2D eigenvalue weighted by Gasteiger charge is -2.30. The SMILES string of the molecule is C=CCN(CC(=O)N(Cc1ccc(F)cc1)Cc1coc2ccccc2c1=O)C(=O)NC(C)(C)C. The minimum Gasteiger partial charge on any atom is -0.464 e. The fourth-order valence-corrected chi connectivity index (χ4v) is 3.51. The van der Waals surface area contributed by atoms with E-state index in [9.17, 15) is 18.8 Å². The van der Waals surface area contributed by atoms with Gasteiger partial charge in [-0.3, -0.25) is 9.59 Å². The summed E-state index contributed by atoms with van der Waals surface area (Å²) in [6.07, 6.45) is 2.89. The second-order valence-electron chi connectivity index (χ2n) is 9.31. The maximum Gasteiger partial charge on any atom is 0.318 e. The average Bonchev–Trinajstić information content (AvgIpc) is 2.80. The zero-order valence-electron chi connectivity index (χ0n) is 20.2. The molecule has 2 aromatic carbocycles. The molecular formula is C27H30FN3O4. The summed E-state index contributed by atoms with van der Waals surface area (Å²) in [7, 11) is 0. The zero-order valence-corrected chi connectivity index (χ0v) is 20.2. The van der Waals surface area contributed by atoms with Gasteiger partial charge in [-0.2, -0.15) is 0 Å². The summed E-state index contributed by atoms with van der Waals surface area (Å²) in [4.78, 5) is 42.0. The third-order valence-corrected chi connectivity index (χ3v) is 5.20. The highest BCUT2D eigenvalue weighted by Gasteiger charge is 2.24. The summed E-state index contributed by atoms with van der Waals surface area (Å²) >= 11 is 0. The number of urea groups is 1. The molecule has 3 amide bonds. The van der Waals surface area contributed by atoms with Crippen molar-refractivity contribution in [3.05, 3.63) is 94.6 Å². The Bertz CT molecular complexity index is 1260. The van der Waals surface area contributed by atoms with E-state index < -0.39 is 17.4 Å². The Labute approximate surface area is 203 Å².